The van der Waals surface area contributed by atoms with E-state index in [1.54, 1.807) is 12.4 Å². The Hall–Kier alpha value is -2.94. The van der Waals surface area contributed by atoms with Gasteiger partial charge in [0.15, 0.2) is 0 Å². The van der Waals surface area contributed by atoms with Gasteiger partial charge < -0.3 is 9.80 Å². The molecule has 0 radical (unpaired) electrons. The van der Waals surface area contributed by atoms with Crippen LogP contribution in [-0.4, -0.2) is 47.0 Å². The van der Waals surface area contributed by atoms with Gasteiger partial charge in [0, 0.05) is 62.5 Å². The lowest BCUT2D eigenvalue weighted by Crippen LogP contribution is -2.54. The quantitative estimate of drug-likeness (QED) is 0.822. The molecule has 0 bridgehead atoms. The molecule has 2 aliphatic heterocycles. The Balaban J connectivity index is 1.44. The van der Waals surface area contributed by atoms with E-state index in [0.717, 1.165) is 63.4 Å². The molecule has 2 fully saturated rings. The first kappa shape index (κ1) is 18.4. The Morgan fingerprint density at radius 3 is 2.82 bits per heavy atom. The van der Waals surface area contributed by atoms with Gasteiger partial charge >= 0.3 is 0 Å². The van der Waals surface area contributed by atoms with Crippen molar-refractivity contribution in [3.8, 4) is 6.07 Å². The molecule has 6 heteroatoms. The van der Waals surface area contributed by atoms with Gasteiger partial charge in [-0.05, 0) is 43.5 Å². The largest absolute Gasteiger partial charge is 0.356 e. The highest BCUT2D eigenvalue weighted by Gasteiger charge is 2.41. The van der Waals surface area contributed by atoms with Crippen molar-refractivity contribution >= 4 is 11.7 Å². The van der Waals surface area contributed by atoms with Gasteiger partial charge in [-0.1, -0.05) is 6.07 Å². The van der Waals surface area contributed by atoms with Crippen LogP contribution in [-0.2, 0) is 11.2 Å². The van der Waals surface area contributed by atoms with Crippen molar-refractivity contribution in [1.29, 1.82) is 5.26 Å². The minimum absolute atomic E-state index is 0.131. The third-order valence-electron chi connectivity index (χ3n) is 5.97. The first-order valence-corrected chi connectivity index (χ1v) is 9.96. The fraction of sp³-hybridized carbons (Fsp3) is 0.455. The fourth-order valence-corrected chi connectivity index (χ4v) is 4.48. The average Bonchev–Trinajstić information content (AvgIpc) is 2.75. The number of pyridine rings is 2. The van der Waals surface area contributed by atoms with Crippen LogP contribution in [0, 0.1) is 16.7 Å². The molecule has 4 rings (SSSR count). The van der Waals surface area contributed by atoms with Gasteiger partial charge in [0.25, 0.3) is 0 Å². The number of amides is 1. The lowest BCUT2D eigenvalue weighted by Gasteiger charge is -2.48. The normalized spacial score (nSPS) is 22.3. The van der Waals surface area contributed by atoms with E-state index >= 15 is 0 Å². The molecule has 2 aromatic heterocycles. The lowest BCUT2D eigenvalue weighted by atomic mass is 9.73. The molecular formula is C22H25N5O. The van der Waals surface area contributed by atoms with Crippen molar-refractivity contribution in [1.82, 2.24) is 14.9 Å². The molecule has 0 aliphatic carbocycles. The highest BCUT2D eigenvalue weighted by Crippen LogP contribution is 2.39. The minimum atomic E-state index is 0.131. The number of likely N-dealkylation sites (tertiary alicyclic amines) is 1. The topological polar surface area (TPSA) is 73.1 Å². The molecular weight excluding hydrogens is 350 g/mol. The van der Waals surface area contributed by atoms with Crippen LogP contribution in [0.1, 0.15) is 36.9 Å². The molecule has 2 aliphatic rings. The third kappa shape index (κ3) is 3.99. The molecule has 0 unspecified atom stereocenters. The molecule has 1 spiro atoms. The van der Waals surface area contributed by atoms with E-state index in [9.17, 15) is 4.79 Å². The third-order valence-corrected chi connectivity index (χ3v) is 5.97. The van der Waals surface area contributed by atoms with Crippen LogP contribution in [0.3, 0.4) is 0 Å². The Bertz CT molecular complexity index is 861. The molecule has 0 saturated carbocycles. The standard InChI is InChI=1S/C22H25N5O/c23-14-18-5-6-20(25-15-18)26-12-3-9-22(16-26)10-7-21(28)27(17-22)13-8-19-4-1-2-11-24-19/h1-2,4-6,11,15H,3,7-10,12-13,16-17H2/t22-/m1/s1. The number of piperidine rings is 2. The van der Waals surface area contributed by atoms with Gasteiger partial charge in [-0.3, -0.25) is 9.78 Å². The van der Waals surface area contributed by atoms with Crippen molar-refractivity contribution in [3.63, 3.8) is 0 Å². The van der Waals surface area contributed by atoms with Crippen LogP contribution in [0.15, 0.2) is 42.7 Å². The molecule has 2 saturated heterocycles. The molecule has 144 valence electrons. The number of carbonyl (C=O) groups is 1. The van der Waals surface area contributed by atoms with Crippen molar-refractivity contribution in [2.45, 2.75) is 32.1 Å². The summed E-state index contributed by atoms with van der Waals surface area (Å²) in [7, 11) is 0. The van der Waals surface area contributed by atoms with Crippen LogP contribution < -0.4 is 4.90 Å². The lowest BCUT2D eigenvalue weighted by molar-refractivity contribution is -0.137. The molecule has 28 heavy (non-hydrogen) atoms. The maximum absolute atomic E-state index is 12.5. The Morgan fingerprint density at radius 1 is 1.14 bits per heavy atom. The highest BCUT2D eigenvalue weighted by atomic mass is 16.2. The predicted molar refractivity (Wildman–Crippen MR) is 107 cm³/mol. The van der Waals surface area contributed by atoms with Crippen molar-refractivity contribution in [3.05, 3.63) is 54.0 Å². The van der Waals surface area contributed by atoms with Crippen LogP contribution in [0.5, 0.6) is 0 Å². The summed E-state index contributed by atoms with van der Waals surface area (Å²) < 4.78 is 0. The predicted octanol–water partition coefficient (Wildman–Crippen LogP) is 2.80. The summed E-state index contributed by atoms with van der Waals surface area (Å²) in [5.74, 6) is 1.19. The highest BCUT2D eigenvalue weighted by molar-refractivity contribution is 5.77. The average molecular weight is 375 g/mol. The van der Waals surface area contributed by atoms with Gasteiger partial charge in [0.05, 0.1) is 5.56 Å². The minimum Gasteiger partial charge on any atom is -0.356 e. The molecule has 6 nitrogen and oxygen atoms in total. The van der Waals surface area contributed by atoms with Crippen molar-refractivity contribution in [2.75, 3.05) is 31.1 Å². The van der Waals surface area contributed by atoms with Gasteiger partial charge in [-0.2, -0.15) is 5.26 Å². The maximum atomic E-state index is 12.5. The summed E-state index contributed by atoms with van der Waals surface area (Å²) >= 11 is 0. The van der Waals surface area contributed by atoms with Crippen LogP contribution in [0.2, 0.25) is 0 Å². The number of hydrogen-bond donors (Lipinski definition) is 0. The van der Waals surface area contributed by atoms with E-state index in [1.165, 1.54) is 0 Å². The SMILES string of the molecule is N#Cc1ccc(N2CCC[C@@]3(CCC(=O)N(CCc4ccccn4)C3)C2)nc1. The monoisotopic (exact) mass is 375 g/mol. The zero-order valence-corrected chi connectivity index (χ0v) is 16.0. The molecule has 4 heterocycles. The summed E-state index contributed by atoms with van der Waals surface area (Å²) in [5.41, 5.74) is 1.74. The van der Waals surface area contributed by atoms with Crippen LogP contribution in [0.4, 0.5) is 5.82 Å². The van der Waals surface area contributed by atoms with E-state index in [4.69, 9.17) is 5.26 Å². The van der Waals surface area contributed by atoms with Gasteiger partial charge in [0.2, 0.25) is 5.91 Å². The number of hydrogen-bond acceptors (Lipinski definition) is 5. The van der Waals surface area contributed by atoms with E-state index in [1.807, 2.05) is 35.2 Å². The number of nitriles is 1. The number of rotatable bonds is 4. The molecule has 0 aromatic carbocycles. The maximum Gasteiger partial charge on any atom is 0.222 e. The van der Waals surface area contributed by atoms with Crippen LogP contribution in [0.25, 0.3) is 0 Å². The van der Waals surface area contributed by atoms with E-state index in [-0.39, 0.29) is 11.3 Å². The Labute approximate surface area is 165 Å². The fourth-order valence-electron chi connectivity index (χ4n) is 4.48. The van der Waals surface area contributed by atoms with Gasteiger partial charge in [-0.15, -0.1) is 0 Å². The molecule has 2 aromatic rings. The van der Waals surface area contributed by atoms with Crippen molar-refractivity contribution in [2.24, 2.45) is 5.41 Å². The number of anilines is 1. The summed E-state index contributed by atoms with van der Waals surface area (Å²) in [6.45, 7) is 3.43. The van der Waals surface area contributed by atoms with E-state index in [0.29, 0.717) is 12.0 Å². The van der Waals surface area contributed by atoms with E-state index in [2.05, 4.69) is 20.9 Å². The Kier molecular flexibility index (Phi) is 5.25. The zero-order chi connectivity index (χ0) is 19.4. The second-order valence-electron chi connectivity index (χ2n) is 7.93. The second-order valence-corrected chi connectivity index (χ2v) is 7.93. The first-order chi connectivity index (χ1) is 13.7. The number of nitrogens with zero attached hydrogens (tertiary/aromatic N) is 5. The number of carbonyl (C=O) groups excluding carboxylic acids is 1. The molecule has 0 N–H and O–H groups in total. The first-order valence-electron chi connectivity index (χ1n) is 9.96. The van der Waals surface area contributed by atoms with Crippen LogP contribution >= 0.6 is 0 Å². The zero-order valence-electron chi connectivity index (χ0n) is 16.0. The summed E-state index contributed by atoms with van der Waals surface area (Å²) in [4.78, 5) is 25.7. The smallest absolute Gasteiger partial charge is 0.222 e. The second kappa shape index (κ2) is 7.97. The Morgan fingerprint density at radius 2 is 2.07 bits per heavy atom. The number of aromatic nitrogens is 2. The van der Waals surface area contributed by atoms with Gasteiger partial charge in [0.1, 0.15) is 11.9 Å². The summed E-state index contributed by atoms with van der Waals surface area (Å²) in [5, 5.41) is 8.98. The molecule has 1 atom stereocenters. The van der Waals surface area contributed by atoms with Gasteiger partial charge in [-0.25, -0.2) is 4.98 Å². The van der Waals surface area contributed by atoms with Crippen molar-refractivity contribution < 1.29 is 4.79 Å². The summed E-state index contributed by atoms with van der Waals surface area (Å²) in [6.07, 6.45) is 8.05. The molecule has 1 amide bonds. The summed E-state index contributed by atoms with van der Waals surface area (Å²) in [6, 6.07) is 11.8. The van der Waals surface area contributed by atoms with E-state index < -0.39 is 0 Å².